The monoisotopic (exact) mass is 477 g/mol. The number of rotatable bonds is 3. The smallest absolute Gasteiger partial charge is 0.475 e. The Balaban J connectivity index is 0.000000364. The number of pyridine rings is 1. The number of fused-ring (bicyclic) bond motifs is 2. The number of carbonyl (C=O) groups is 2. The van der Waals surface area contributed by atoms with Crippen LogP contribution in [0.25, 0.3) is 34.7 Å². The van der Waals surface area contributed by atoms with Gasteiger partial charge in [-0.05, 0) is 47.0 Å². The van der Waals surface area contributed by atoms with E-state index in [0.29, 0.717) is 5.57 Å². The van der Waals surface area contributed by atoms with Crippen LogP contribution in [0.3, 0.4) is 0 Å². The van der Waals surface area contributed by atoms with E-state index in [1.807, 2.05) is 54.7 Å². The van der Waals surface area contributed by atoms with E-state index < -0.39 is 12.1 Å². The van der Waals surface area contributed by atoms with Gasteiger partial charge in [-0.3, -0.25) is 9.78 Å². The van der Waals surface area contributed by atoms with Gasteiger partial charge in [0.25, 0.3) is 5.91 Å². The number of aliphatic carboxylic acids is 1. The van der Waals surface area contributed by atoms with Gasteiger partial charge < -0.3 is 15.4 Å². The van der Waals surface area contributed by atoms with Crippen LogP contribution >= 0.6 is 0 Å². The molecular weight excluding hydrogens is 459 g/mol. The third kappa shape index (κ3) is 5.47. The summed E-state index contributed by atoms with van der Waals surface area (Å²) in [7, 11) is 0. The average molecular weight is 477 g/mol. The molecule has 35 heavy (non-hydrogen) atoms. The van der Waals surface area contributed by atoms with Gasteiger partial charge in [-0.15, -0.1) is 0 Å². The summed E-state index contributed by atoms with van der Waals surface area (Å²) in [5.74, 6) is -2.82. The molecule has 5 rings (SSSR count). The molecule has 0 radical (unpaired) electrons. The predicted octanol–water partition coefficient (Wildman–Crippen LogP) is 5.86. The molecule has 0 fully saturated rings. The molecule has 3 N–H and O–H groups in total. The number of carboxylic acid groups (broad SMARTS) is 1. The Hall–Kier alpha value is -4.66. The number of para-hydroxylation sites is 1. The molecule has 0 bridgehead atoms. The highest BCUT2D eigenvalue weighted by Gasteiger charge is 2.38. The maximum Gasteiger partial charge on any atom is 0.490 e. The number of amides is 1. The molecule has 176 valence electrons. The Kier molecular flexibility index (Phi) is 6.50. The number of nitrogens with zero attached hydrogens (tertiary/aromatic N) is 1. The molecular formula is C26H18F3N3O3. The molecule has 2 aromatic heterocycles. The molecule has 0 saturated heterocycles. The first-order valence-electron chi connectivity index (χ1n) is 10.3. The van der Waals surface area contributed by atoms with Crippen molar-refractivity contribution >= 4 is 52.3 Å². The van der Waals surface area contributed by atoms with Crippen molar-refractivity contribution in [3.8, 4) is 0 Å². The lowest BCUT2D eigenvalue weighted by molar-refractivity contribution is -0.192. The molecule has 1 aliphatic heterocycles. The summed E-state index contributed by atoms with van der Waals surface area (Å²) in [6.45, 7) is 0. The molecule has 0 unspecified atom stereocenters. The molecule has 0 atom stereocenters. The lowest BCUT2D eigenvalue weighted by Crippen LogP contribution is -2.21. The number of aromatic nitrogens is 2. The van der Waals surface area contributed by atoms with Crippen LogP contribution in [0.5, 0.6) is 0 Å². The van der Waals surface area contributed by atoms with Gasteiger partial charge in [-0.25, -0.2) is 4.79 Å². The maximum absolute atomic E-state index is 12.3. The second kappa shape index (κ2) is 9.68. The first-order valence-corrected chi connectivity index (χ1v) is 10.3. The van der Waals surface area contributed by atoms with Crippen LogP contribution in [0.15, 0.2) is 73.2 Å². The number of H-pyrrole nitrogens is 1. The average Bonchev–Trinajstić information content (AvgIpc) is 3.38. The number of nitrogens with one attached hydrogen (secondary N) is 2. The Bertz CT molecular complexity index is 1450. The standard InChI is InChI=1S/C24H17N3O.C2HF3O2/c28-24-21(20-3-1-2-4-22(20)27-24)13-17-6-8-19-18(15-26-23(19)14-17)7-5-16-9-11-25-12-10-16;3-2(4,5)1(6)7/h1-15,26H,(H,27,28);(H,6,7)/b7-5?,21-13+;. The number of benzene rings is 2. The molecule has 0 spiro atoms. The fraction of sp³-hybridized carbons (Fsp3) is 0.0385. The summed E-state index contributed by atoms with van der Waals surface area (Å²) in [6.07, 6.45) is 6.58. The van der Waals surface area contributed by atoms with Crippen LogP contribution < -0.4 is 5.32 Å². The van der Waals surface area contributed by atoms with Crippen molar-refractivity contribution < 1.29 is 27.9 Å². The molecule has 0 saturated carbocycles. The second-order valence-corrected chi connectivity index (χ2v) is 7.52. The van der Waals surface area contributed by atoms with Crippen molar-refractivity contribution in [2.75, 3.05) is 5.32 Å². The molecule has 0 aliphatic carbocycles. The van der Waals surface area contributed by atoms with Gasteiger partial charge in [0.1, 0.15) is 0 Å². The fourth-order valence-electron chi connectivity index (χ4n) is 3.50. The lowest BCUT2D eigenvalue weighted by Gasteiger charge is -2.00. The van der Waals surface area contributed by atoms with E-state index in [4.69, 9.17) is 9.90 Å². The Morgan fingerprint density at radius 2 is 1.69 bits per heavy atom. The normalized spacial score (nSPS) is 14.0. The highest BCUT2D eigenvalue weighted by atomic mass is 19.4. The minimum Gasteiger partial charge on any atom is -0.475 e. The van der Waals surface area contributed by atoms with Gasteiger partial charge in [-0.2, -0.15) is 13.2 Å². The van der Waals surface area contributed by atoms with Crippen LogP contribution in [0.4, 0.5) is 18.9 Å². The molecule has 9 heteroatoms. The zero-order chi connectivity index (χ0) is 25.0. The number of halogens is 3. The van der Waals surface area contributed by atoms with Gasteiger partial charge in [0.15, 0.2) is 0 Å². The third-order valence-corrected chi connectivity index (χ3v) is 5.16. The first kappa shape index (κ1) is 23.5. The van der Waals surface area contributed by atoms with E-state index in [1.54, 1.807) is 12.4 Å². The predicted molar refractivity (Wildman–Crippen MR) is 128 cm³/mol. The molecule has 1 amide bonds. The highest BCUT2D eigenvalue weighted by Crippen LogP contribution is 2.33. The summed E-state index contributed by atoms with van der Waals surface area (Å²) in [4.78, 5) is 28.6. The van der Waals surface area contributed by atoms with Crippen molar-refractivity contribution in [2.24, 2.45) is 0 Å². The highest BCUT2D eigenvalue weighted by molar-refractivity contribution is 6.34. The molecule has 3 heterocycles. The largest absolute Gasteiger partial charge is 0.490 e. The number of hydrogen-bond donors (Lipinski definition) is 3. The van der Waals surface area contributed by atoms with E-state index in [1.165, 1.54) is 0 Å². The van der Waals surface area contributed by atoms with Gasteiger partial charge >= 0.3 is 12.1 Å². The van der Waals surface area contributed by atoms with Crippen molar-refractivity contribution in [1.29, 1.82) is 0 Å². The number of carbonyl (C=O) groups excluding carboxylic acids is 1. The maximum atomic E-state index is 12.3. The Labute approximate surface area is 197 Å². The van der Waals surface area contributed by atoms with Gasteiger partial charge in [0.2, 0.25) is 0 Å². The van der Waals surface area contributed by atoms with E-state index in [9.17, 15) is 18.0 Å². The number of aromatic amines is 1. The van der Waals surface area contributed by atoms with Crippen LogP contribution in [-0.4, -0.2) is 33.1 Å². The second-order valence-electron chi connectivity index (χ2n) is 7.52. The summed E-state index contributed by atoms with van der Waals surface area (Å²) >= 11 is 0. The van der Waals surface area contributed by atoms with Gasteiger partial charge in [0.05, 0.1) is 0 Å². The zero-order valence-electron chi connectivity index (χ0n) is 18.0. The number of alkyl halides is 3. The van der Waals surface area contributed by atoms with E-state index >= 15 is 0 Å². The van der Waals surface area contributed by atoms with Crippen molar-refractivity contribution in [3.05, 3.63) is 95.4 Å². The molecule has 2 aromatic carbocycles. The minimum atomic E-state index is -5.08. The molecule has 4 aromatic rings. The van der Waals surface area contributed by atoms with Crippen LogP contribution in [0.2, 0.25) is 0 Å². The topological polar surface area (TPSA) is 95.1 Å². The number of carboxylic acids is 1. The van der Waals surface area contributed by atoms with Crippen molar-refractivity contribution in [2.45, 2.75) is 6.18 Å². The quantitative estimate of drug-likeness (QED) is 0.322. The summed E-state index contributed by atoms with van der Waals surface area (Å²) in [5.41, 5.74) is 6.76. The zero-order valence-corrected chi connectivity index (χ0v) is 18.0. The third-order valence-electron chi connectivity index (χ3n) is 5.16. The van der Waals surface area contributed by atoms with Crippen molar-refractivity contribution in [3.63, 3.8) is 0 Å². The molecule has 1 aliphatic rings. The summed E-state index contributed by atoms with van der Waals surface area (Å²) in [5, 5.41) is 11.2. The van der Waals surface area contributed by atoms with Gasteiger partial charge in [-0.1, -0.05) is 42.5 Å². The number of anilines is 1. The summed E-state index contributed by atoms with van der Waals surface area (Å²) in [6, 6.07) is 17.9. The van der Waals surface area contributed by atoms with E-state index in [2.05, 4.69) is 39.6 Å². The van der Waals surface area contributed by atoms with Gasteiger partial charge in [0, 0.05) is 46.3 Å². The van der Waals surface area contributed by atoms with E-state index in [0.717, 1.165) is 38.8 Å². The van der Waals surface area contributed by atoms with Crippen LogP contribution in [0, 0.1) is 0 Å². The SMILES string of the molecule is O=C(O)C(F)(F)F.O=C1Nc2ccccc2/C1=C\c1ccc2c(C=Cc3ccncc3)c[nH]c2c1. The first-order chi connectivity index (χ1) is 16.7. The minimum absolute atomic E-state index is 0.0613. The number of hydrogen-bond acceptors (Lipinski definition) is 3. The fourth-order valence-corrected chi connectivity index (χ4v) is 3.50. The van der Waals surface area contributed by atoms with Crippen LogP contribution in [-0.2, 0) is 9.59 Å². The Morgan fingerprint density at radius 1 is 0.971 bits per heavy atom. The van der Waals surface area contributed by atoms with Crippen molar-refractivity contribution in [1.82, 2.24) is 9.97 Å². The Morgan fingerprint density at radius 3 is 2.40 bits per heavy atom. The van der Waals surface area contributed by atoms with E-state index in [-0.39, 0.29) is 5.91 Å². The molecule has 6 nitrogen and oxygen atoms in total. The van der Waals surface area contributed by atoms with Crippen LogP contribution in [0.1, 0.15) is 22.3 Å². The lowest BCUT2D eigenvalue weighted by atomic mass is 10.0. The summed E-state index contributed by atoms with van der Waals surface area (Å²) < 4.78 is 31.7.